The van der Waals surface area contributed by atoms with Gasteiger partial charge < -0.3 is 20.5 Å². The third-order valence-corrected chi connectivity index (χ3v) is 8.99. The van der Waals surface area contributed by atoms with Crippen LogP contribution >= 0.6 is 22.9 Å². The van der Waals surface area contributed by atoms with Crippen molar-refractivity contribution in [3.63, 3.8) is 0 Å². The molecule has 3 atom stereocenters. The summed E-state index contributed by atoms with van der Waals surface area (Å²) in [7, 11) is 2.07. The van der Waals surface area contributed by atoms with Crippen LogP contribution in [0, 0.1) is 6.92 Å². The number of H-pyrrole nitrogens is 1. The minimum absolute atomic E-state index is 0.0703. The molecule has 0 spiro atoms. The molecule has 12 heteroatoms. The number of hydrogen-bond donors (Lipinski definition) is 3. The first-order valence-corrected chi connectivity index (χ1v) is 14.3. The molecule has 3 N–H and O–H groups in total. The average Bonchev–Trinajstić information content (AvgIpc) is 3.56. The summed E-state index contributed by atoms with van der Waals surface area (Å²) in [5.41, 5.74) is 2.69. The Labute approximate surface area is 234 Å². The van der Waals surface area contributed by atoms with E-state index in [0.29, 0.717) is 28.8 Å². The van der Waals surface area contributed by atoms with Crippen molar-refractivity contribution in [1.29, 1.82) is 0 Å². The van der Waals surface area contributed by atoms with Crippen molar-refractivity contribution < 1.29 is 9.59 Å². The summed E-state index contributed by atoms with van der Waals surface area (Å²) >= 11 is 8.01. The highest BCUT2D eigenvalue weighted by atomic mass is 35.5. The lowest BCUT2D eigenvalue weighted by Gasteiger charge is -2.36. The molecule has 1 aliphatic heterocycles. The number of thiazole rings is 1. The van der Waals surface area contributed by atoms with Crippen LogP contribution in [-0.4, -0.2) is 67.5 Å². The van der Waals surface area contributed by atoms with Crippen molar-refractivity contribution in [2.24, 2.45) is 0 Å². The quantitative estimate of drug-likeness (QED) is 0.337. The molecule has 1 saturated carbocycles. The molecule has 0 radical (unpaired) electrons. The van der Waals surface area contributed by atoms with Crippen LogP contribution in [0.5, 0.6) is 0 Å². The Morgan fingerprint density at radius 1 is 1.13 bits per heavy atom. The van der Waals surface area contributed by atoms with Crippen LogP contribution in [0.2, 0.25) is 5.02 Å². The number of imidazole rings is 1. The second-order valence-corrected chi connectivity index (χ2v) is 11.8. The van der Waals surface area contributed by atoms with Gasteiger partial charge in [0.05, 0.1) is 22.3 Å². The van der Waals surface area contributed by atoms with Gasteiger partial charge in [0, 0.05) is 53.6 Å². The molecule has 0 unspecified atom stereocenters. The van der Waals surface area contributed by atoms with E-state index in [1.54, 1.807) is 6.07 Å². The number of halogens is 1. The highest BCUT2D eigenvalue weighted by Gasteiger charge is 2.36. The van der Waals surface area contributed by atoms with Crippen molar-refractivity contribution in [3.8, 4) is 0 Å². The maximum Gasteiger partial charge on any atom is 0.280 e. The number of benzene rings is 1. The molecule has 1 aliphatic carbocycles. The molecule has 39 heavy (non-hydrogen) atoms. The molecule has 6 rings (SSSR count). The third kappa shape index (κ3) is 5.26. The summed E-state index contributed by atoms with van der Waals surface area (Å²) in [6, 6.07) is 6.65. The lowest BCUT2D eigenvalue weighted by Crippen LogP contribution is -2.54. The fourth-order valence-corrected chi connectivity index (χ4v) is 6.82. The van der Waals surface area contributed by atoms with E-state index in [9.17, 15) is 9.59 Å². The Bertz CT molecular complexity index is 1550. The maximum absolute atomic E-state index is 13.4. The van der Waals surface area contributed by atoms with E-state index in [0.717, 1.165) is 48.0 Å². The van der Waals surface area contributed by atoms with Gasteiger partial charge in [-0.2, -0.15) is 0 Å². The Kier molecular flexibility index (Phi) is 7.05. The molecule has 2 aliphatic rings. The Morgan fingerprint density at radius 2 is 1.95 bits per heavy atom. The van der Waals surface area contributed by atoms with Crippen molar-refractivity contribution >= 4 is 45.7 Å². The van der Waals surface area contributed by atoms with E-state index < -0.39 is 5.91 Å². The fourth-order valence-electron chi connectivity index (χ4n) is 5.45. The summed E-state index contributed by atoms with van der Waals surface area (Å²) in [5, 5.41) is 15.9. The molecule has 3 aromatic heterocycles. The number of aromatic nitrogens is 5. The number of carbonyl (C=O) groups is 2. The van der Waals surface area contributed by atoms with Gasteiger partial charge in [0.25, 0.3) is 11.8 Å². The fraction of sp³-hybridized carbons (Fsp3) is 0.407. The average molecular weight is 565 g/mol. The minimum atomic E-state index is -0.414. The number of carbonyl (C=O) groups excluding carboxylic acids is 2. The number of amides is 2. The van der Waals surface area contributed by atoms with Gasteiger partial charge >= 0.3 is 0 Å². The smallest absolute Gasteiger partial charge is 0.280 e. The molecule has 4 heterocycles. The van der Waals surface area contributed by atoms with Gasteiger partial charge in [-0.3, -0.25) is 9.59 Å². The minimum Gasteiger partial charge on any atom is -0.346 e. The first kappa shape index (κ1) is 25.8. The largest absolute Gasteiger partial charge is 0.346 e. The van der Waals surface area contributed by atoms with Crippen molar-refractivity contribution in [2.45, 2.75) is 57.2 Å². The van der Waals surface area contributed by atoms with Gasteiger partial charge in [0.15, 0.2) is 10.7 Å². The second kappa shape index (κ2) is 10.6. The molecule has 0 saturated heterocycles. The number of rotatable bonds is 5. The van der Waals surface area contributed by atoms with Crippen LogP contribution in [0.15, 0.2) is 30.5 Å². The molecular formula is C27H29ClN8O2S. The zero-order valence-corrected chi connectivity index (χ0v) is 23.3. The van der Waals surface area contributed by atoms with Crippen molar-refractivity contribution in [1.82, 2.24) is 40.7 Å². The van der Waals surface area contributed by atoms with Gasteiger partial charge in [-0.05, 0) is 39.3 Å². The van der Waals surface area contributed by atoms with Gasteiger partial charge in [-0.15, -0.1) is 21.5 Å². The van der Waals surface area contributed by atoms with E-state index in [4.69, 9.17) is 11.6 Å². The van der Waals surface area contributed by atoms with Crippen LogP contribution in [-0.2, 0) is 13.0 Å². The topological polar surface area (TPSA) is 129 Å². The van der Waals surface area contributed by atoms with E-state index in [1.165, 1.54) is 11.3 Å². The van der Waals surface area contributed by atoms with Gasteiger partial charge in [-0.1, -0.05) is 29.8 Å². The molecule has 10 nitrogen and oxygen atoms in total. The molecular weight excluding hydrogens is 536 g/mol. The predicted octanol–water partition coefficient (Wildman–Crippen LogP) is 3.62. The van der Waals surface area contributed by atoms with E-state index in [-0.39, 0.29) is 34.6 Å². The van der Waals surface area contributed by atoms with E-state index in [2.05, 4.69) is 47.7 Å². The molecule has 1 aromatic carbocycles. The van der Waals surface area contributed by atoms with Crippen molar-refractivity contribution in [2.75, 3.05) is 13.6 Å². The molecule has 2 amide bonds. The van der Waals surface area contributed by atoms with Crippen LogP contribution in [0.3, 0.4) is 0 Å². The first-order chi connectivity index (χ1) is 18.9. The van der Waals surface area contributed by atoms with Crippen LogP contribution in [0.1, 0.15) is 67.6 Å². The zero-order valence-electron chi connectivity index (χ0n) is 21.7. The summed E-state index contributed by atoms with van der Waals surface area (Å²) in [6.45, 7) is 3.70. The van der Waals surface area contributed by atoms with Gasteiger partial charge in [0.2, 0.25) is 0 Å². The SMILES string of the molecule is Cc1cnc([C@H]2CC[C@H](NC(=O)c3nnc4ccccc4c3Cl)[C@H](NC(=O)c3nc4c(s3)CN(C)CC4)C2)[nH]1. The van der Waals surface area contributed by atoms with Crippen LogP contribution in [0.4, 0.5) is 0 Å². The number of hydrogen-bond acceptors (Lipinski definition) is 8. The van der Waals surface area contributed by atoms with Gasteiger partial charge in [0.1, 0.15) is 5.82 Å². The summed E-state index contributed by atoms with van der Waals surface area (Å²) < 4.78 is 0. The van der Waals surface area contributed by atoms with E-state index in [1.807, 2.05) is 31.3 Å². The highest BCUT2D eigenvalue weighted by Crippen LogP contribution is 2.33. The van der Waals surface area contributed by atoms with Crippen molar-refractivity contribution in [3.05, 3.63) is 68.3 Å². The predicted molar refractivity (Wildman–Crippen MR) is 149 cm³/mol. The van der Waals surface area contributed by atoms with Crippen LogP contribution in [0.25, 0.3) is 10.9 Å². The highest BCUT2D eigenvalue weighted by molar-refractivity contribution is 7.13. The number of likely N-dealkylation sites (N-methyl/N-ethyl adjacent to an activating group) is 1. The summed E-state index contributed by atoms with van der Waals surface area (Å²) in [6.07, 6.45) is 4.73. The summed E-state index contributed by atoms with van der Waals surface area (Å²) in [4.78, 5) is 42.6. The number of nitrogens with one attached hydrogen (secondary N) is 3. The Hall–Kier alpha value is -3.41. The molecule has 4 aromatic rings. The zero-order chi connectivity index (χ0) is 27.1. The van der Waals surface area contributed by atoms with Crippen LogP contribution < -0.4 is 10.6 Å². The normalized spacial score (nSPS) is 21.5. The standard InChI is InChI=1S/C27H29ClN8O2S/c1-14-12-29-24(30-14)15-7-8-18(31-25(37)23-22(28)16-5-3-4-6-17(16)34-35-23)20(11-15)32-26(38)27-33-19-9-10-36(2)13-21(19)39-27/h3-6,12,15,18,20H,7-11,13H2,1-2H3,(H,29,30)(H,31,37)(H,32,38)/t15-,18-,20+/m0/s1. The second-order valence-electron chi connectivity index (χ2n) is 10.4. The maximum atomic E-state index is 13.4. The number of aryl methyl sites for hydroxylation is 1. The summed E-state index contributed by atoms with van der Waals surface area (Å²) in [5.74, 6) is 0.385. The van der Waals surface area contributed by atoms with Gasteiger partial charge in [-0.25, -0.2) is 9.97 Å². The Balaban J connectivity index is 1.23. The monoisotopic (exact) mass is 564 g/mol. The lowest BCUT2D eigenvalue weighted by atomic mass is 9.81. The number of fused-ring (bicyclic) bond motifs is 2. The third-order valence-electron chi connectivity index (χ3n) is 7.53. The molecule has 202 valence electrons. The molecule has 0 bridgehead atoms. The number of aromatic amines is 1. The number of nitrogens with zero attached hydrogens (tertiary/aromatic N) is 5. The van der Waals surface area contributed by atoms with E-state index >= 15 is 0 Å². The molecule has 1 fully saturated rings. The lowest BCUT2D eigenvalue weighted by molar-refractivity contribution is 0.0852. The Morgan fingerprint density at radius 3 is 2.77 bits per heavy atom. The first-order valence-electron chi connectivity index (χ1n) is 13.1.